The topological polar surface area (TPSA) is 78.4 Å². The third-order valence-electron chi connectivity index (χ3n) is 2.56. The average Bonchev–Trinajstić information content (AvgIpc) is 2.76. The van der Waals surface area contributed by atoms with Crippen molar-refractivity contribution >= 4 is 23.8 Å². The van der Waals surface area contributed by atoms with Crippen LogP contribution in [0.2, 0.25) is 0 Å². The van der Waals surface area contributed by atoms with Crippen LogP contribution in [-0.2, 0) is 4.79 Å². The molecule has 3 N–H and O–H groups in total. The molecule has 17 heavy (non-hydrogen) atoms. The lowest BCUT2D eigenvalue weighted by Gasteiger charge is -2.17. The standard InChI is InChI=1S/C11H18N2O3S/c1-17-7-6-9(10(14)15)13-11(16)12-8-4-2-3-5-8/h2-3,8-9H,4-7H2,1H3,(H,14,15)(H2,12,13,16). The third kappa shape index (κ3) is 5.12. The maximum absolute atomic E-state index is 11.6. The van der Waals surface area contributed by atoms with Gasteiger partial charge < -0.3 is 15.7 Å². The molecule has 0 aromatic carbocycles. The van der Waals surface area contributed by atoms with Gasteiger partial charge in [-0.25, -0.2) is 9.59 Å². The molecule has 0 radical (unpaired) electrons. The Bertz CT molecular complexity index is 299. The number of aliphatic carboxylic acids is 1. The van der Waals surface area contributed by atoms with Crippen LogP contribution in [0, 0.1) is 0 Å². The van der Waals surface area contributed by atoms with E-state index >= 15 is 0 Å². The molecule has 1 aliphatic rings. The van der Waals surface area contributed by atoms with E-state index in [-0.39, 0.29) is 6.04 Å². The lowest BCUT2D eigenvalue weighted by Crippen LogP contribution is -2.48. The van der Waals surface area contributed by atoms with E-state index < -0.39 is 18.0 Å². The van der Waals surface area contributed by atoms with Crippen LogP contribution in [0.3, 0.4) is 0 Å². The number of carbonyl (C=O) groups excluding carboxylic acids is 1. The van der Waals surface area contributed by atoms with Gasteiger partial charge in [0.25, 0.3) is 0 Å². The van der Waals surface area contributed by atoms with Crippen molar-refractivity contribution in [3.8, 4) is 0 Å². The molecule has 96 valence electrons. The Labute approximate surface area is 105 Å². The molecule has 0 aromatic heterocycles. The Balaban J connectivity index is 2.32. The number of rotatable bonds is 6. The molecule has 1 rings (SSSR count). The fourth-order valence-electron chi connectivity index (χ4n) is 1.61. The summed E-state index contributed by atoms with van der Waals surface area (Å²) in [6.45, 7) is 0. The number of nitrogens with one attached hydrogen (secondary N) is 2. The molecule has 2 amide bonds. The van der Waals surface area contributed by atoms with E-state index in [2.05, 4.69) is 10.6 Å². The maximum Gasteiger partial charge on any atom is 0.326 e. The van der Waals surface area contributed by atoms with E-state index in [4.69, 9.17) is 5.11 Å². The number of hydrogen-bond acceptors (Lipinski definition) is 3. The molecule has 1 unspecified atom stereocenters. The van der Waals surface area contributed by atoms with Gasteiger partial charge in [0.1, 0.15) is 6.04 Å². The third-order valence-corrected chi connectivity index (χ3v) is 3.20. The Morgan fingerprint density at radius 1 is 1.47 bits per heavy atom. The van der Waals surface area contributed by atoms with Crippen LogP contribution in [0.5, 0.6) is 0 Å². The number of amides is 2. The van der Waals surface area contributed by atoms with Crippen molar-refractivity contribution in [3.05, 3.63) is 12.2 Å². The first kappa shape index (κ1) is 13.9. The van der Waals surface area contributed by atoms with Crippen molar-refractivity contribution in [3.63, 3.8) is 0 Å². The molecule has 0 fully saturated rings. The second kappa shape index (κ2) is 7.21. The van der Waals surface area contributed by atoms with Gasteiger partial charge in [0, 0.05) is 6.04 Å². The minimum absolute atomic E-state index is 0.102. The van der Waals surface area contributed by atoms with Crippen molar-refractivity contribution < 1.29 is 14.7 Å². The molecule has 0 bridgehead atoms. The summed E-state index contributed by atoms with van der Waals surface area (Å²) in [5.74, 6) is -0.277. The summed E-state index contributed by atoms with van der Waals surface area (Å²) in [4.78, 5) is 22.5. The Kier molecular flexibility index (Phi) is 5.90. The van der Waals surface area contributed by atoms with Crippen molar-refractivity contribution in [1.82, 2.24) is 10.6 Å². The quantitative estimate of drug-likeness (QED) is 0.626. The number of urea groups is 1. The van der Waals surface area contributed by atoms with E-state index in [1.807, 2.05) is 18.4 Å². The van der Waals surface area contributed by atoms with Crippen LogP contribution < -0.4 is 10.6 Å². The van der Waals surface area contributed by atoms with E-state index in [1.54, 1.807) is 11.8 Å². The minimum Gasteiger partial charge on any atom is -0.480 e. The van der Waals surface area contributed by atoms with Gasteiger partial charge in [-0.2, -0.15) is 11.8 Å². The highest BCUT2D eigenvalue weighted by atomic mass is 32.2. The zero-order valence-corrected chi connectivity index (χ0v) is 10.6. The highest BCUT2D eigenvalue weighted by Gasteiger charge is 2.21. The highest BCUT2D eigenvalue weighted by Crippen LogP contribution is 2.09. The molecule has 0 aromatic rings. The van der Waals surface area contributed by atoms with Crippen molar-refractivity contribution in [2.24, 2.45) is 0 Å². The zero-order chi connectivity index (χ0) is 12.7. The summed E-state index contributed by atoms with van der Waals surface area (Å²) in [6.07, 6.45) is 7.99. The first-order valence-corrected chi connectivity index (χ1v) is 6.96. The number of carboxylic acid groups (broad SMARTS) is 1. The molecule has 6 heteroatoms. The SMILES string of the molecule is CSCCC(NC(=O)NC1CC=CC1)C(=O)O. The largest absolute Gasteiger partial charge is 0.480 e. The van der Waals surface area contributed by atoms with Gasteiger partial charge >= 0.3 is 12.0 Å². The van der Waals surface area contributed by atoms with Crippen LogP contribution in [0.15, 0.2) is 12.2 Å². The normalized spacial score (nSPS) is 16.8. The smallest absolute Gasteiger partial charge is 0.326 e. The van der Waals surface area contributed by atoms with Crippen molar-refractivity contribution in [1.29, 1.82) is 0 Å². The van der Waals surface area contributed by atoms with E-state index in [0.29, 0.717) is 12.2 Å². The monoisotopic (exact) mass is 258 g/mol. The van der Waals surface area contributed by atoms with Crippen LogP contribution >= 0.6 is 11.8 Å². The number of hydrogen-bond donors (Lipinski definition) is 3. The number of carbonyl (C=O) groups is 2. The molecule has 0 saturated carbocycles. The fourth-order valence-corrected chi connectivity index (χ4v) is 2.08. The Hall–Kier alpha value is -1.17. The van der Waals surface area contributed by atoms with E-state index in [9.17, 15) is 9.59 Å². The van der Waals surface area contributed by atoms with Gasteiger partial charge in [-0.15, -0.1) is 0 Å². The number of thioether (sulfide) groups is 1. The summed E-state index contributed by atoms with van der Waals surface area (Å²) < 4.78 is 0. The van der Waals surface area contributed by atoms with Crippen molar-refractivity contribution in [2.75, 3.05) is 12.0 Å². The molecule has 0 aliphatic heterocycles. The molecular formula is C11H18N2O3S. The predicted molar refractivity (Wildman–Crippen MR) is 68.3 cm³/mol. The first-order chi connectivity index (χ1) is 8.13. The fraction of sp³-hybridized carbons (Fsp3) is 0.636. The molecule has 1 aliphatic carbocycles. The summed E-state index contributed by atoms with van der Waals surface area (Å²) in [5.41, 5.74) is 0. The van der Waals surface area contributed by atoms with E-state index in [1.165, 1.54) is 0 Å². The molecule has 1 atom stereocenters. The van der Waals surface area contributed by atoms with Gasteiger partial charge in [0.2, 0.25) is 0 Å². The summed E-state index contributed by atoms with van der Waals surface area (Å²) in [7, 11) is 0. The average molecular weight is 258 g/mol. The van der Waals surface area contributed by atoms with Gasteiger partial charge in [-0.1, -0.05) is 12.2 Å². The van der Waals surface area contributed by atoms with Gasteiger partial charge in [-0.3, -0.25) is 0 Å². The zero-order valence-electron chi connectivity index (χ0n) is 9.81. The van der Waals surface area contributed by atoms with Gasteiger partial charge in [0.05, 0.1) is 0 Å². The second-order valence-electron chi connectivity index (χ2n) is 3.93. The number of carboxylic acids is 1. The van der Waals surface area contributed by atoms with Crippen LogP contribution in [0.1, 0.15) is 19.3 Å². The Morgan fingerprint density at radius 2 is 2.12 bits per heavy atom. The summed E-state index contributed by atoms with van der Waals surface area (Å²) >= 11 is 1.56. The van der Waals surface area contributed by atoms with Crippen LogP contribution in [-0.4, -0.2) is 41.2 Å². The van der Waals surface area contributed by atoms with Crippen molar-refractivity contribution in [2.45, 2.75) is 31.3 Å². The maximum atomic E-state index is 11.6. The molecule has 0 saturated heterocycles. The lowest BCUT2D eigenvalue weighted by atomic mass is 10.2. The predicted octanol–water partition coefficient (Wildman–Crippen LogP) is 1.21. The first-order valence-electron chi connectivity index (χ1n) is 5.57. The molecule has 5 nitrogen and oxygen atoms in total. The lowest BCUT2D eigenvalue weighted by molar-refractivity contribution is -0.139. The second-order valence-corrected chi connectivity index (χ2v) is 4.92. The Morgan fingerprint density at radius 3 is 2.65 bits per heavy atom. The summed E-state index contributed by atoms with van der Waals surface area (Å²) in [5, 5.41) is 14.2. The van der Waals surface area contributed by atoms with Crippen LogP contribution in [0.25, 0.3) is 0 Å². The van der Waals surface area contributed by atoms with Gasteiger partial charge in [0.15, 0.2) is 0 Å². The summed E-state index contributed by atoms with van der Waals surface area (Å²) in [6, 6.07) is -1.10. The van der Waals surface area contributed by atoms with E-state index in [0.717, 1.165) is 12.8 Å². The molecule has 0 heterocycles. The molecule has 0 spiro atoms. The van der Waals surface area contributed by atoms with Crippen LogP contribution in [0.4, 0.5) is 4.79 Å². The highest BCUT2D eigenvalue weighted by molar-refractivity contribution is 7.98. The van der Waals surface area contributed by atoms with Gasteiger partial charge in [-0.05, 0) is 31.3 Å². The minimum atomic E-state index is -0.987. The molecular weight excluding hydrogens is 240 g/mol.